The van der Waals surface area contributed by atoms with Crippen molar-refractivity contribution >= 4 is 12.2 Å². The topological polar surface area (TPSA) is 46.6 Å². The predicted molar refractivity (Wildman–Crippen MR) is 76.0 cm³/mol. The van der Waals surface area contributed by atoms with Crippen molar-refractivity contribution in [3.63, 3.8) is 0 Å². The third-order valence-electron chi connectivity index (χ3n) is 1.65. The Balaban J connectivity index is -0.000000506. The molecular weight excluding hydrogens is 230 g/mol. The van der Waals surface area contributed by atoms with Gasteiger partial charge in [0.05, 0.1) is 12.7 Å². The van der Waals surface area contributed by atoms with Crippen LogP contribution in [-0.2, 0) is 14.4 Å². The van der Waals surface area contributed by atoms with E-state index in [1.807, 2.05) is 27.7 Å². The fourth-order valence-corrected chi connectivity index (χ4v) is 0.803. The quantitative estimate of drug-likeness (QED) is 0.328. The standard InChI is InChI=1S/C10H13NO3.2C2H6/c1-5-8(7-12)9(6-2)10(13)11(3)14-4;2*1-2/h5-7H,1-2H2,3-4H3;2*1-2H3/b9-8-;;. The first-order valence-electron chi connectivity index (χ1n) is 5.88. The van der Waals surface area contributed by atoms with Gasteiger partial charge in [-0.2, -0.15) is 0 Å². The van der Waals surface area contributed by atoms with E-state index in [1.54, 1.807) is 0 Å². The van der Waals surface area contributed by atoms with Crippen molar-refractivity contribution < 1.29 is 14.4 Å². The number of aldehydes is 1. The van der Waals surface area contributed by atoms with Gasteiger partial charge in [-0.3, -0.25) is 14.4 Å². The fourth-order valence-electron chi connectivity index (χ4n) is 0.803. The van der Waals surface area contributed by atoms with Crippen LogP contribution in [0.1, 0.15) is 27.7 Å². The van der Waals surface area contributed by atoms with Gasteiger partial charge in [0.1, 0.15) is 0 Å². The maximum Gasteiger partial charge on any atom is 0.277 e. The number of hydrogen-bond acceptors (Lipinski definition) is 3. The molecule has 0 saturated heterocycles. The van der Waals surface area contributed by atoms with Crippen LogP contribution in [0.5, 0.6) is 0 Å². The molecule has 0 aromatic rings. The maximum atomic E-state index is 11.5. The van der Waals surface area contributed by atoms with E-state index < -0.39 is 5.91 Å². The van der Waals surface area contributed by atoms with E-state index in [0.29, 0.717) is 6.29 Å². The Labute approximate surface area is 111 Å². The summed E-state index contributed by atoms with van der Waals surface area (Å²) in [6.07, 6.45) is 3.14. The minimum Gasteiger partial charge on any atom is -0.298 e. The lowest BCUT2D eigenvalue weighted by atomic mass is 10.1. The van der Waals surface area contributed by atoms with Crippen molar-refractivity contribution in [2.24, 2.45) is 0 Å². The zero-order chi connectivity index (χ0) is 15.1. The third-order valence-corrected chi connectivity index (χ3v) is 1.65. The zero-order valence-electron chi connectivity index (χ0n) is 12.3. The van der Waals surface area contributed by atoms with E-state index in [4.69, 9.17) is 0 Å². The number of allylic oxidation sites excluding steroid dienone is 2. The molecule has 4 nitrogen and oxygen atoms in total. The van der Waals surface area contributed by atoms with Gasteiger partial charge < -0.3 is 0 Å². The first-order valence-corrected chi connectivity index (χ1v) is 5.88. The number of carbonyl (C=O) groups excluding carboxylic acids is 2. The maximum absolute atomic E-state index is 11.5. The van der Waals surface area contributed by atoms with Crippen LogP contribution in [0.2, 0.25) is 0 Å². The van der Waals surface area contributed by atoms with Gasteiger partial charge in [0.15, 0.2) is 6.29 Å². The molecule has 0 aromatic carbocycles. The van der Waals surface area contributed by atoms with Crippen LogP contribution in [0.4, 0.5) is 0 Å². The summed E-state index contributed by atoms with van der Waals surface area (Å²) in [7, 11) is 2.80. The molecule has 104 valence electrons. The average Bonchev–Trinajstić information content (AvgIpc) is 2.47. The molecule has 18 heavy (non-hydrogen) atoms. The SMILES string of the molecule is C=C/C(C=O)=C(\C=C)C(=O)N(C)OC.CC.CC. The number of hydrogen-bond donors (Lipinski definition) is 0. The number of hydroxylamine groups is 2. The molecule has 0 fully saturated rings. The molecule has 0 radical (unpaired) electrons. The van der Waals surface area contributed by atoms with Gasteiger partial charge in [0.2, 0.25) is 0 Å². The normalized spacial score (nSPS) is 9.44. The highest BCUT2D eigenvalue weighted by Crippen LogP contribution is 2.08. The number of likely N-dealkylation sites (N-methyl/N-ethyl adjacent to an activating group) is 1. The minimum atomic E-state index is -0.440. The van der Waals surface area contributed by atoms with Crippen LogP contribution in [0.25, 0.3) is 0 Å². The molecule has 0 aliphatic rings. The Morgan fingerprint density at radius 2 is 1.56 bits per heavy atom. The Bertz CT molecular complexity index is 283. The molecule has 0 unspecified atom stereocenters. The highest BCUT2D eigenvalue weighted by molar-refractivity contribution is 6.01. The molecule has 4 heteroatoms. The van der Waals surface area contributed by atoms with Crippen LogP contribution >= 0.6 is 0 Å². The van der Waals surface area contributed by atoms with E-state index in [1.165, 1.54) is 26.3 Å². The Morgan fingerprint density at radius 3 is 1.78 bits per heavy atom. The van der Waals surface area contributed by atoms with Crippen LogP contribution in [0, 0.1) is 0 Å². The van der Waals surface area contributed by atoms with Crippen LogP contribution < -0.4 is 0 Å². The predicted octanol–water partition coefficient (Wildman–Crippen LogP) is 2.93. The molecular formula is C14H25NO3. The Morgan fingerprint density at radius 1 is 1.11 bits per heavy atom. The van der Waals surface area contributed by atoms with E-state index in [9.17, 15) is 9.59 Å². The molecule has 0 aliphatic carbocycles. The molecule has 0 rings (SSSR count). The average molecular weight is 255 g/mol. The second kappa shape index (κ2) is 15.3. The molecule has 0 N–H and O–H groups in total. The molecule has 0 saturated carbocycles. The fraction of sp³-hybridized carbons (Fsp3) is 0.429. The molecule has 0 aromatic heterocycles. The Kier molecular flexibility index (Phi) is 18.4. The smallest absolute Gasteiger partial charge is 0.277 e. The summed E-state index contributed by atoms with van der Waals surface area (Å²) in [5.74, 6) is -0.440. The lowest BCUT2D eigenvalue weighted by Gasteiger charge is -2.14. The second-order valence-electron chi connectivity index (χ2n) is 2.38. The minimum absolute atomic E-state index is 0.166. The number of amides is 1. The van der Waals surface area contributed by atoms with Gasteiger partial charge in [0.25, 0.3) is 5.91 Å². The highest BCUT2D eigenvalue weighted by atomic mass is 16.7. The van der Waals surface area contributed by atoms with Gasteiger partial charge in [-0.1, -0.05) is 53.0 Å². The molecule has 0 bridgehead atoms. The van der Waals surface area contributed by atoms with E-state index >= 15 is 0 Å². The molecule has 0 spiro atoms. The van der Waals surface area contributed by atoms with Crippen molar-refractivity contribution in [2.45, 2.75) is 27.7 Å². The van der Waals surface area contributed by atoms with E-state index in [0.717, 1.165) is 5.06 Å². The molecule has 0 atom stereocenters. The monoisotopic (exact) mass is 255 g/mol. The van der Waals surface area contributed by atoms with Crippen LogP contribution in [0.3, 0.4) is 0 Å². The Hall–Kier alpha value is -1.68. The summed E-state index contributed by atoms with van der Waals surface area (Å²) in [6, 6.07) is 0. The third kappa shape index (κ3) is 7.57. The van der Waals surface area contributed by atoms with Gasteiger partial charge >= 0.3 is 0 Å². The lowest BCUT2D eigenvalue weighted by Crippen LogP contribution is -2.27. The van der Waals surface area contributed by atoms with Crippen LogP contribution in [0.15, 0.2) is 36.5 Å². The summed E-state index contributed by atoms with van der Waals surface area (Å²) in [4.78, 5) is 26.8. The molecule has 0 aliphatic heterocycles. The lowest BCUT2D eigenvalue weighted by molar-refractivity contribution is -0.163. The number of nitrogens with zero attached hydrogens (tertiary/aromatic N) is 1. The van der Waals surface area contributed by atoms with Gasteiger partial charge in [-0.05, 0) is 0 Å². The molecule has 1 amide bonds. The first kappa shape index (κ1) is 21.6. The first-order chi connectivity index (χ1) is 8.62. The van der Waals surface area contributed by atoms with Crippen molar-refractivity contribution in [3.05, 3.63) is 36.5 Å². The summed E-state index contributed by atoms with van der Waals surface area (Å²) < 4.78 is 0. The van der Waals surface area contributed by atoms with Crippen molar-refractivity contribution in [3.8, 4) is 0 Å². The van der Waals surface area contributed by atoms with Gasteiger partial charge in [-0.15, -0.1) is 0 Å². The summed E-state index contributed by atoms with van der Waals surface area (Å²) in [5.41, 5.74) is 0.355. The summed E-state index contributed by atoms with van der Waals surface area (Å²) in [6.45, 7) is 14.9. The van der Waals surface area contributed by atoms with E-state index in [2.05, 4.69) is 18.0 Å². The van der Waals surface area contributed by atoms with Crippen molar-refractivity contribution in [1.82, 2.24) is 5.06 Å². The largest absolute Gasteiger partial charge is 0.298 e. The second-order valence-corrected chi connectivity index (χ2v) is 2.38. The van der Waals surface area contributed by atoms with Gasteiger partial charge in [0, 0.05) is 12.6 Å². The van der Waals surface area contributed by atoms with Gasteiger partial charge in [-0.25, -0.2) is 5.06 Å². The van der Waals surface area contributed by atoms with Crippen molar-refractivity contribution in [1.29, 1.82) is 0 Å². The number of carbonyl (C=O) groups is 2. The highest BCUT2D eigenvalue weighted by Gasteiger charge is 2.14. The summed E-state index contributed by atoms with van der Waals surface area (Å²) >= 11 is 0. The van der Waals surface area contributed by atoms with E-state index in [-0.39, 0.29) is 11.1 Å². The number of rotatable bonds is 5. The van der Waals surface area contributed by atoms with Crippen LogP contribution in [-0.4, -0.2) is 31.4 Å². The molecule has 0 heterocycles. The summed E-state index contributed by atoms with van der Waals surface area (Å²) in [5, 5.41) is 1.00. The van der Waals surface area contributed by atoms with Crippen molar-refractivity contribution in [2.75, 3.05) is 14.2 Å². The zero-order valence-corrected chi connectivity index (χ0v) is 12.3.